The Hall–Kier alpha value is -0.860. The maximum atomic E-state index is 4.69. The Morgan fingerprint density at radius 3 is 1.50 bits per heavy atom. The maximum absolute atomic E-state index is 4.69. The quantitative estimate of drug-likeness (QED) is 0.340. The Labute approximate surface area is 64.0 Å². The van der Waals surface area contributed by atoms with Crippen molar-refractivity contribution in [2.45, 2.75) is 27.7 Å². The van der Waals surface area contributed by atoms with Gasteiger partial charge in [0.25, 0.3) is 0 Å². The highest BCUT2D eigenvalue weighted by Gasteiger charge is 1.50. The van der Waals surface area contributed by atoms with E-state index in [0.29, 0.717) is 0 Å². The summed E-state index contributed by atoms with van der Waals surface area (Å²) >= 11 is 0. The molecule has 0 aliphatic rings. The molecule has 0 unspecified atom stereocenters. The van der Waals surface area contributed by atoms with Gasteiger partial charge in [-0.1, -0.05) is 27.7 Å². The summed E-state index contributed by atoms with van der Waals surface area (Å²) in [5.74, 6) is 4.69. The number of aliphatic imine (C=N–C) groups is 1. The van der Waals surface area contributed by atoms with Crippen molar-refractivity contribution in [1.82, 2.24) is 0 Å². The molecule has 0 saturated carbocycles. The van der Waals surface area contributed by atoms with E-state index >= 15 is 0 Å². The third-order valence-corrected chi connectivity index (χ3v) is 0.302. The van der Waals surface area contributed by atoms with Crippen LogP contribution in [0.15, 0.2) is 10.1 Å². The smallest absolute Gasteiger partial charge is 0.0643 e. The molecule has 0 amide bonds. The predicted molar refractivity (Wildman–Crippen MR) is 49.8 cm³/mol. The van der Waals surface area contributed by atoms with Crippen molar-refractivity contribution in [3.63, 3.8) is 0 Å². The summed E-state index contributed by atoms with van der Waals surface area (Å²) in [6, 6.07) is 0. The molecule has 0 aromatic rings. The number of nitrogens with zero attached hydrogens (tertiary/aromatic N) is 2. The van der Waals surface area contributed by atoms with E-state index in [9.17, 15) is 0 Å². The van der Waals surface area contributed by atoms with Crippen LogP contribution in [0.4, 0.5) is 0 Å². The molecular formula is C7H19N3. The van der Waals surface area contributed by atoms with Gasteiger partial charge in [0.15, 0.2) is 0 Å². The third kappa shape index (κ3) is 58.8. The van der Waals surface area contributed by atoms with Gasteiger partial charge in [-0.2, -0.15) is 5.10 Å². The normalized spacial score (nSPS) is 8.10. The zero-order valence-corrected chi connectivity index (χ0v) is 7.63. The lowest BCUT2D eigenvalue weighted by Crippen LogP contribution is -1.81. The molecule has 2 N–H and O–H groups in total. The Kier molecular flexibility index (Phi) is 67.6. The Balaban J connectivity index is -0.000000105. The molecule has 0 aromatic heterocycles. The van der Waals surface area contributed by atoms with E-state index in [2.05, 4.69) is 10.1 Å². The first-order chi connectivity index (χ1) is 4.91. The second kappa shape index (κ2) is 42.1. The summed E-state index contributed by atoms with van der Waals surface area (Å²) in [4.78, 5) is 3.57. The van der Waals surface area contributed by atoms with Crippen LogP contribution in [-0.2, 0) is 0 Å². The van der Waals surface area contributed by atoms with E-state index in [1.807, 2.05) is 27.7 Å². The van der Waals surface area contributed by atoms with Crippen molar-refractivity contribution < 1.29 is 0 Å². The minimum atomic E-state index is 1.42. The molecule has 3 nitrogen and oxygen atoms in total. The van der Waals surface area contributed by atoms with Crippen LogP contribution in [0.5, 0.6) is 0 Å². The van der Waals surface area contributed by atoms with E-state index in [1.54, 1.807) is 7.05 Å². The van der Waals surface area contributed by atoms with Crippen LogP contribution in [-0.4, -0.2) is 19.5 Å². The van der Waals surface area contributed by atoms with Gasteiger partial charge in [-0.15, -0.1) is 0 Å². The number of hydrazone groups is 1. The van der Waals surface area contributed by atoms with Crippen molar-refractivity contribution >= 4 is 12.4 Å². The third-order valence-electron chi connectivity index (χ3n) is 0.302. The summed E-state index contributed by atoms with van der Waals surface area (Å²) in [5, 5.41) is 3.15. The molecule has 0 saturated heterocycles. The van der Waals surface area contributed by atoms with Crippen LogP contribution in [0.3, 0.4) is 0 Å². The molecule has 0 spiro atoms. The van der Waals surface area contributed by atoms with Gasteiger partial charge in [0.1, 0.15) is 0 Å². The second-order valence-electron chi connectivity index (χ2n) is 0.705. The highest BCUT2D eigenvalue weighted by Crippen LogP contribution is 1.43. The van der Waals surface area contributed by atoms with Crippen molar-refractivity contribution in [3.8, 4) is 0 Å². The minimum Gasteiger partial charge on any atom is -0.323 e. The van der Waals surface area contributed by atoms with Gasteiger partial charge >= 0.3 is 0 Å². The highest BCUT2D eigenvalue weighted by molar-refractivity contribution is 6.15. The van der Waals surface area contributed by atoms with Crippen LogP contribution >= 0.6 is 0 Å². The first-order valence-electron chi connectivity index (χ1n) is 3.56. The lowest BCUT2D eigenvalue weighted by Gasteiger charge is -1.64. The number of hydrogen-bond acceptors (Lipinski definition) is 3. The van der Waals surface area contributed by atoms with Crippen LogP contribution in [0.1, 0.15) is 27.7 Å². The monoisotopic (exact) mass is 145 g/mol. The van der Waals surface area contributed by atoms with E-state index in [1.165, 1.54) is 12.4 Å². The number of rotatable bonds is 1. The average Bonchev–Trinajstić information content (AvgIpc) is 2.08. The van der Waals surface area contributed by atoms with E-state index in [4.69, 9.17) is 5.84 Å². The highest BCUT2D eigenvalue weighted by atomic mass is 15.1. The zero-order chi connectivity index (χ0) is 8.83. The number of nitrogens with two attached hydrogens (primary N) is 1. The summed E-state index contributed by atoms with van der Waals surface area (Å²) in [7, 11) is 1.65. The molecule has 0 atom stereocenters. The van der Waals surface area contributed by atoms with Crippen LogP contribution in [0, 0.1) is 0 Å². The molecule has 0 radical (unpaired) electrons. The fourth-order valence-electron chi connectivity index (χ4n) is 0.105. The Morgan fingerprint density at radius 1 is 1.00 bits per heavy atom. The SMILES string of the molecule is CC.CC.CN=C/C=N\N. The summed E-state index contributed by atoms with van der Waals surface area (Å²) in [6.07, 6.45) is 2.93. The van der Waals surface area contributed by atoms with Gasteiger partial charge in [0.05, 0.1) is 6.21 Å². The first kappa shape index (κ1) is 16.1. The molecule has 0 rings (SSSR count). The molecule has 0 heterocycles. The molecule has 10 heavy (non-hydrogen) atoms. The van der Waals surface area contributed by atoms with Gasteiger partial charge in [-0.05, 0) is 0 Å². The lowest BCUT2D eigenvalue weighted by atomic mass is 10.8. The van der Waals surface area contributed by atoms with E-state index < -0.39 is 0 Å². The van der Waals surface area contributed by atoms with Crippen molar-refractivity contribution in [2.24, 2.45) is 15.9 Å². The van der Waals surface area contributed by atoms with Crippen LogP contribution in [0.2, 0.25) is 0 Å². The number of hydrogen-bond donors (Lipinski definition) is 1. The van der Waals surface area contributed by atoms with Crippen LogP contribution in [0.25, 0.3) is 0 Å². The lowest BCUT2D eigenvalue weighted by molar-refractivity contribution is 1.27. The topological polar surface area (TPSA) is 50.7 Å². The van der Waals surface area contributed by atoms with Crippen molar-refractivity contribution in [3.05, 3.63) is 0 Å². The minimum absolute atomic E-state index is 1.42. The fraction of sp³-hybridized carbons (Fsp3) is 0.714. The molecule has 0 aliphatic carbocycles. The fourth-order valence-corrected chi connectivity index (χ4v) is 0.105. The molecule has 3 heteroatoms. The van der Waals surface area contributed by atoms with Gasteiger partial charge in [0, 0.05) is 13.3 Å². The summed E-state index contributed by atoms with van der Waals surface area (Å²) in [5.41, 5.74) is 0. The van der Waals surface area contributed by atoms with Gasteiger partial charge < -0.3 is 5.84 Å². The maximum Gasteiger partial charge on any atom is 0.0643 e. The Bertz CT molecular complexity index is 57.3. The molecule has 0 bridgehead atoms. The zero-order valence-electron chi connectivity index (χ0n) is 7.63. The molecule has 62 valence electrons. The van der Waals surface area contributed by atoms with Gasteiger partial charge in [0.2, 0.25) is 0 Å². The van der Waals surface area contributed by atoms with E-state index in [-0.39, 0.29) is 0 Å². The molecule has 0 aliphatic heterocycles. The second-order valence-corrected chi connectivity index (χ2v) is 0.705. The molecule has 0 fully saturated rings. The molecule has 0 aromatic carbocycles. The standard InChI is InChI=1S/C3H7N3.2C2H6/c1-5-2-3-6-4;2*1-2/h2-3H,4H2,1H3;2*1-2H3/b5-2?,6-3-;;. The van der Waals surface area contributed by atoms with E-state index in [0.717, 1.165) is 0 Å². The summed E-state index contributed by atoms with van der Waals surface area (Å²) < 4.78 is 0. The largest absolute Gasteiger partial charge is 0.323 e. The van der Waals surface area contributed by atoms with Crippen molar-refractivity contribution in [1.29, 1.82) is 0 Å². The summed E-state index contributed by atoms with van der Waals surface area (Å²) in [6.45, 7) is 8.00. The Morgan fingerprint density at radius 2 is 1.40 bits per heavy atom. The van der Waals surface area contributed by atoms with Gasteiger partial charge in [-0.25, -0.2) is 0 Å². The molecular weight excluding hydrogens is 126 g/mol. The van der Waals surface area contributed by atoms with Crippen molar-refractivity contribution in [2.75, 3.05) is 7.05 Å². The predicted octanol–water partition coefficient (Wildman–Crippen LogP) is 1.68. The first-order valence-corrected chi connectivity index (χ1v) is 3.56. The average molecular weight is 145 g/mol. The van der Waals surface area contributed by atoms with Gasteiger partial charge in [-0.3, -0.25) is 4.99 Å². The van der Waals surface area contributed by atoms with Crippen LogP contribution < -0.4 is 5.84 Å².